The van der Waals surface area contributed by atoms with Gasteiger partial charge in [0.05, 0.1) is 0 Å². The minimum absolute atomic E-state index is 0.126. The Hall–Kier alpha value is -1.24. The molecule has 0 bridgehead atoms. The van der Waals surface area contributed by atoms with Gasteiger partial charge in [-0.25, -0.2) is 0 Å². The van der Waals surface area contributed by atoms with Gasteiger partial charge in [0, 0.05) is 5.39 Å². The highest BCUT2D eigenvalue weighted by Crippen LogP contribution is 2.38. The molecule has 0 radical (unpaired) electrons. The summed E-state index contributed by atoms with van der Waals surface area (Å²) in [6, 6.07) is 4.58. The van der Waals surface area contributed by atoms with Crippen LogP contribution in [0.25, 0.3) is 11.0 Å². The highest BCUT2D eigenvalue weighted by atomic mass is 16.3. The second-order valence-corrected chi connectivity index (χ2v) is 7.68. The molecule has 1 nitrogen and oxygen atoms in total. The summed E-state index contributed by atoms with van der Waals surface area (Å²) in [6.45, 7) is 17.8. The van der Waals surface area contributed by atoms with E-state index in [1.165, 1.54) is 22.1 Å². The SMILES string of the molecule is Cc1oc2cc(C(C)(C)C)cc(C(C)(C)C)c2c1C. The minimum Gasteiger partial charge on any atom is -0.461 e. The Balaban J connectivity index is 2.89. The summed E-state index contributed by atoms with van der Waals surface area (Å²) in [6.07, 6.45) is 0. The summed E-state index contributed by atoms with van der Waals surface area (Å²) in [4.78, 5) is 0. The van der Waals surface area contributed by atoms with Crippen LogP contribution in [0.1, 0.15) is 64.0 Å². The topological polar surface area (TPSA) is 13.1 Å². The molecule has 2 aromatic rings. The van der Waals surface area contributed by atoms with Crippen molar-refractivity contribution in [3.8, 4) is 0 Å². The number of rotatable bonds is 0. The van der Waals surface area contributed by atoms with E-state index in [0.29, 0.717) is 0 Å². The van der Waals surface area contributed by atoms with Crippen LogP contribution in [0.3, 0.4) is 0 Å². The first-order valence-corrected chi connectivity index (χ1v) is 7.06. The van der Waals surface area contributed by atoms with E-state index in [1.807, 2.05) is 0 Å². The van der Waals surface area contributed by atoms with E-state index in [1.54, 1.807) is 0 Å². The van der Waals surface area contributed by atoms with Gasteiger partial charge in [0.25, 0.3) is 0 Å². The second-order valence-electron chi connectivity index (χ2n) is 7.68. The van der Waals surface area contributed by atoms with Crippen LogP contribution in [-0.4, -0.2) is 0 Å². The van der Waals surface area contributed by atoms with Crippen molar-refractivity contribution in [1.82, 2.24) is 0 Å². The van der Waals surface area contributed by atoms with Gasteiger partial charge in [-0.1, -0.05) is 47.6 Å². The Labute approximate surface area is 117 Å². The van der Waals surface area contributed by atoms with Crippen molar-refractivity contribution in [3.05, 3.63) is 34.6 Å². The van der Waals surface area contributed by atoms with Gasteiger partial charge in [-0.15, -0.1) is 0 Å². The van der Waals surface area contributed by atoms with Gasteiger partial charge in [-0.2, -0.15) is 0 Å². The summed E-state index contributed by atoms with van der Waals surface area (Å²) in [5.74, 6) is 1.03. The summed E-state index contributed by atoms with van der Waals surface area (Å²) in [5, 5.41) is 1.30. The molecule has 1 heteroatoms. The Morgan fingerprint density at radius 1 is 0.842 bits per heavy atom. The molecule has 0 aliphatic heterocycles. The third-order valence-electron chi connectivity index (χ3n) is 3.94. The van der Waals surface area contributed by atoms with Crippen LogP contribution < -0.4 is 0 Å². The number of fused-ring (bicyclic) bond motifs is 1. The molecular formula is C18H26O. The van der Waals surface area contributed by atoms with Crippen LogP contribution in [0.5, 0.6) is 0 Å². The molecule has 0 fully saturated rings. The fourth-order valence-corrected chi connectivity index (χ4v) is 2.52. The van der Waals surface area contributed by atoms with Crippen LogP contribution >= 0.6 is 0 Å². The first-order chi connectivity index (χ1) is 8.51. The second kappa shape index (κ2) is 4.13. The van der Waals surface area contributed by atoms with Gasteiger partial charge in [0.15, 0.2) is 0 Å². The molecule has 2 rings (SSSR count). The third-order valence-corrected chi connectivity index (χ3v) is 3.94. The van der Waals surface area contributed by atoms with Gasteiger partial charge in [-0.05, 0) is 47.4 Å². The number of furan rings is 1. The normalized spacial score (nSPS) is 13.3. The lowest BCUT2D eigenvalue weighted by atomic mass is 9.78. The fourth-order valence-electron chi connectivity index (χ4n) is 2.52. The van der Waals surface area contributed by atoms with E-state index in [4.69, 9.17) is 4.42 Å². The van der Waals surface area contributed by atoms with Crippen LogP contribution in [0.4, 0.5) is 0 Å². The Bertz CT molecular complexity index is 616. The summed E-state index contributed by atoms with van der Waals surface area (Å²) < 4.78 is 5.97. The molecule has 1 heterocycles. The molecule has 19 heavy (non-hydrogen) atoms. The molecular weight excluding hydrogens is 232 g/mol. The lowest BCUT2D eigenvalue weighted by Crippen LogP contribution is -2.16. The van der Waals surface area contributed by atoms with Gasteiger partial charge < -0.3 is 4.42 Å². The van der Waals surface area contributed by atoms with Crippen molar-refractivity contribution in [2.24, 2.45) is 0 Å². The van der Waals surface area contributed by atoms with E-state index >= 15 is 0 Å². The average molecular weight is 258 g/mol. The maximum atomic E-state index is 5.97. The van der Waals surface area contributed by atoms with E-state index in [-0.39, 0.29) is 10.8 Å². The molecule has 0 spiro atoms. The van der Waals surface area contributed by atoms with Gasteiger partial charge in [0.1, 0.15) is 11.3 Å². The van der Waals surface area contributed by atoms with E-state index < -0.39 is 0 Å². The van der Waals surface area contributed by atoms with Crippen LogP contribution in [-0.2, 0) is 10.8 Å². The van der Waals surface area contributed by atoms with Crippen LogP contribution in [0.15, 0.2) is 16.5 Å². The van der Waals surface area contributed by atoms with Gasteiger partial charge in [0.2, 0.25) is 0 Å². The van der Waals surface area contributed by atoms with Crippen molar-refractivity contribution in [2.45, 2.75) is 66.2 Å². The Morgan fingerprint density at radius 3 is 1.89 bits per heavy atom. The predicted molar refractivity (Wildman–Crippen MR) is 83.1 cm³/mol. The molecule has 0 N–H and O–H groups in total. The number of hydrogen-bond acceptors (Lipinski definition) is 1. The van der Waals surface area contributed by atoms with Crippen molar-refractivity contribution < 1.29 is 4.42 Å². The minimum atomic E-state index is 0.126. The molecule has 0 aliphatic carbocycles. The van der Waals surface area contributed by atoms with Crippen LogP contribution in [0.2, 0.25) is 0 Å². The van der Waals surface area contributed by atoms with Gasteiger partial charge in [-0.3, -0.25) is 0 Å². The quantitative estimate of drug-likeness (QED) is 0.595. The molecule has 0 aliphatic rings. The van der Waals surface area contributed by atoms with Gasteiger partial charge >= 0.3 is 0 Å². The molecule has 104 valence electrons. The Morgan fingerprint density at radius 2 is 1.42 bits per heavy atom. The molecule has 0 amide bonds. The molecule has 0 unspecified atom stereocenters. The highest BCUT2D eigenvalue weighted by molar-refractivity contribution is 5.87. The molecule has 1 aromatic heterocycles. The standard InChI is InChI=1S/C18H26O/c1-11-12(2)19-15-10-13(17(3,4)5)9-14(16(11)15)18(6,7)8/h9-10H,1-8H3. The number of hydrogen-bond donors (Lipinski definition) is 0. The Kier molecular flexibility index (Phi) is 3.08. The number of aryl methyl sites for hydroxylation is 2. The lowest BCUT2D eigenvalue weighted by molar-refractivity contribution is 0.558. The van der Waals surface area contributed by atoms with Crippen molar-refractivity contribution >= 4 is 11.0 Å². The molecule has 1 aromatic carbocycles. The summed E-state index contributed by atoms with van der Waals surface area (Å²) >= 11 is 0. The fraction of sp³-hybridized carbons (Fsp3) is 0.556. The van der Waals surface area contributed by atoms with E-state index in [9.17, 15) is 0 Å². The zero-order valence-electron chi connectivity index (χ0n) is 13.6. The zero-order chi connectivity index (χ0) is 14.6. The first-order valence-electron chi connectivity index (χ1n) is 7.06. The lowest BCUT2D eigenvalue weighted by Gasteiger charge is -2.25. The highest BCUT2D eigenvalue weighted by Gasteiger charge is 2.25. The zero-order valence-corrected chi connectivity index (χ0v) is 13.6. The third kappa shape index (κ3) is 2.43. The van der Waals surface area contributed by atoms with Crippen LogP contribution in [0, 0.1) is 13.8 Å². The largest absolute Gasteiger partial charge is 0.461 e. The summed E-state index contributed by atoms with van der Waals surface area (Å²) in [5.41, 5.74) is 5.32. The van der Waals surface area contributed by atoms with E-state index in [2.05, 4.69) is 67.5 Å². The molecule has 0 atom stereocenters. The molecule has 0 saturated carbocycles. The van der Waals surface area contributed by atoms with Crippen molar-refractivity contribution in [2.75, 3.05) is 0 Å². The molecule has 0 saturated heterocycles. The number of benzene rings is 1. The average Bonchev–Trinajstić information content (AvgIpc) is 2.51. The smallest absolute Gasteiger partial charge is 0.135 e. The van der Waals surface area contributed by atoms with E-state index in [0.717, 1.165) is 11.3 Å². The monoisotopic (exact) mass is 258 g/mol. The first kappa shape index (κ1) is 14.2. The van der Waals surface area contributed by atoms with Crippen molar-refractivity contribution in [1.29, 1.82) is 0 Å². The predicted octanol–water partition coefficient (Wildman–Crippen LogP) is 5.64. The van der Waals surface area contributed by atoms with Crippen molar-refractivity contribution in [3.63, 3.8) is 0 Å². The maximum absolute atomic E-state index is 5.97. The summed E-state index contributed by atoms with van der Waals surface area (Å²) in [7, 11) is 0. The maximum Gasteiger partial charge on any atom is 0.135 e.